The van der Waals surface area contributed by atoms with Gasteiger partial charge >= 0.3 is 0 Å². The summed E-state index contributed by atoms with van der Waals surface area (Å²) in [6, 6.07) is 17.0. The zero-order chi connectivity index (χ0) is 20.0. The smallest absolute Gasteiger partial charge is 0.260 e. The number of ether oxygens (including phenoxy) is 2. The minimum absolute atomic E-state index is 0.0803. The van der Waals surface area contributed by atoms with Gasteiger partial charge in [-0.1, -0.05) is 30.3 Å². The van der Waals surface area contributed by atoms with E-state index in [2.05, 4.69) is 0 Å². The van der Waals surface area contributed by atoms with Gasteiger partial charge in [0, 0.05) is 26.2 Å². The van der Waals surface area contributed by atoms with Gasteiger partial charge in [-0.05, 0) is 29.8 Å². The summed E-state index contributed by atoms with van der Waals surface area (Å²) in [6.07, 6.45) is 1.18. The second kappa shape index (κ2) is 9.07. The van der Waals surface area contributed by atoms with Crippen LogP contribution in [0, 0.1) is 0 Å². The molecular formula is C20H24N2O5S. The molecule has 1 saturated heterocycles. The van der Waals surface area contributed by atoms with Gasteiger partial charge in [-0.3, -0.25) is 4.79 Å². The van der Waals surface area contributed by atoms with Gasteiger partial charge in [0.1, 0.15) is 18.1 Å². The van der Waals surface area contributed by atoms with Crippen LogP contribution >= 0.6 is 0 Å². The number of benzene rings is 2. The van der Waals surface area contributed by atoms with Crippen molar-refractivity contribution in [1.82, 2.24) is 9.21 Å². The van der Waals surface area contributed by atoms with E-state index in [1.807, 2.05) is 30.3 Å². The summed E-state index contributed by atoms with van der Waals surface area (Å²) in [6.45, 7) is 1.79. The fraction of sp³-hybridized carbons (Fsp3) is 0.350. The molecule has 1 amide bonds. The maximum atomic E-state index is 12.3. The summed E-state index contributed by atoms with van der Waals surface area (Å²) in [7, 11) is -3.20. The van der Waals surface area contributed by atoms with E-state index in [4.69, 9.17) is 9.47 Å². The lowest BCUT2D eigenvalue weighted by Crippen LogP contribution is -2.51. The molecule has 3 rings (SSSR count). The maximum absolute atomic E-state index is 12.3. The molecule has 150 valence electrons. The summed E-state index contributed by atoms with van der Waals surface area (Å²) in [5.74, 6) is 1.15. The molecule has 0 aliphatic carbocycles. The van der Waals surface area contributed by atoms with Crippen molar-refractivity contribution in [2.24, 2.45) is 0 Å². The van der Waals surface area contributed by atoms with E-state index < -0.39 is 10.0 Å². The van der Waals surface area contributed by atoms with Crippen LogP contribution in [-0.2, 0) is 21.4 Å². The first-order valence-electron chi connectivity index (χ1n) is 9.04. The lowest BCUT2D eigenvalue weighted by Gasteiger charge is -2.33. The van der Waals surface area contributed by atoms with Crippen molar-refractivity contribution in [2.45, 2.75) is 6.61 Å². The largest absolute Gasteiger partial charge is 0.489 e. The minimum atomic E-state index is -3.20. The Kier molecular flexibility index (Phi) is 6.53. The molecule has 0 saturated carbocycles. The van der Waals surface area contributed by atoms with Gasteiger partial charge in [0.25, 0.3) is 5.91 Å². The number of sulfonamides is 1. The predicted molar refractivity (Wildman–Crippen MR) is 106 cm³/mol. The van der Waals surface area contributed by atoms with Crippen molar-refractivity contribution in [3.63, 3.8) is 0 Å². The quantitative estimate of drug-likeness (QED) is 0.703. The number of piperazine rings is 1. The number of hydrogen-bond donors (Lipinski definition) is 0. The standard InChI is InChI=1S/C20H24N2O5S/c1-28(24,25)22-13-11-21(12-14-22)20(23)16-27-19-9-7-18(8-10-19)26-15-17-5-3-2-4-6-17/h2-10H,11-16H2,1H3. The molecule has 1 fully saturated rings. The Balaban J connectivity index is 1.43. The highest BCUT2D eigenvalue weighted by atomic mass is 32.2. The zero-order valence-corrected chi connectivity index (χ0v) is 16.6. The third kappa shape index (κ3) is 5.71. The first kappa shape index (κ1) is 20.2. The number of carbonyl (C=O) groups excluding carboxylic acids is 1. The molecule has 8 heteroatoms. The van der Waals surface area contributed by atoms with Gasteiger partial charge in [0.05, 0.1) is 6.26 Å². The normalized spacial score (nSPS) is 15.2. The fourth-order valence-corrected chi connectivity index (χ4v) is 3.71. The minimum Gasteiger partial charge on any atom is -0.489 e. The van der Waals surface area contributed by atoms with E-state index in [0.717, 1.165) is 11.3 Å². The lowest BCUT2D eigenvalue weighted by molar-refractivity contribution is -0.134. The molecule has 0 unspecified atom stereocenters. The van der Waals surface area contributed by atoms with Crippen molar-refractivity contribution >= 4 is 15.9 Å². The van der Waals surface area contributed by atoms with Crippen LogP contribution in [0.5, 0.6) is 11.5 Å². The topological polar surface area (TPSA) is 76.2 Å². The van der Waals surface area contributed by atoms with Crippen LogP contribution < -0.4 is 9.47 Å². The van der Waals surface area contributed by atoms with Crippen molar-refractivity contribution in [1.29, 1.82) is 0 Å². The number of carbonyl (C=O) groups is 1. The first-order valence-corrected chi connectivity index (χ1v) is 10.9. The molecule has 0 N–H and O–H groups in total. The molecule has 0 radical (unpaired) electrons. The average molecular weight is 404 g/mol. The van der Waals surface area contributed by atoms with Gasteiger partial charge in [-0.15, -0.1) is 0 Å². The average Bonchev–Trinajstić information content (AvgIpc) is 2.71. The van der Waals surface area contributed by atoms with Crippen LogP contribution in [0.4, 0.5) is 0 Å². The Morgan fingerprint density at radius 2 is 1.46 bits per heavy atom. The Labute approximate surface area is 165 Å². The highest BCUT2D eigenvalue weighted by Gasteiger charge is 2.26. The molecule has 1 aliphatic rings. The predicted octanol–water partition coefficient (Wildman–Crippen LogP) is 1.75. The molecule has 7 nitrogen and oxygen atoms in total. The summed E-state index contributed by atoms with van der Waals surface area (Å²) in [4.78, 5) is 13.9. The van der Waals surface area contributed by atoms with Crippen molar-refractivity contribution in [3.05, 3.63) is 60.2 Å². The first-order chi connectivity index (χ1) is 13.4. The summed E-state index contributed by atoms with van der Waals surface area (Å²) in [5.41, 5.74) is 1.09. The van der Waals surface area contributed by atoms with Gasteiger partial charge < -0.3 is 14.4 Å². The second-order valence-corrected chi connectivity index (χ2v) is 8.56. The van der Waals surface area contributed by atoms with E-state index in [-0.39, 0.29) is 12.5 Å². The zero-order valence-electron chi connectivity index (χ0n) is 15.8. The van der Waals surface area contributed by atoms with Gasteiger partial charge in [0.2, 0.25) is 10.0 Å². The number of rotatable bonds is 7. The summed E-state index contributed by atoms with van der Waals surface area (Å²) >= 11 is 0. The molecule has 0 aromatic heterocycles. The van der Waals surface area contributed by atoms with E-state index in [1.54, 1.807) is 29.2 Å². The van der Waals surface area contributed by atoms with Crippen LogP contribution in [0.3, 0.4) is 0 Å². The van der Waals surface area contributed by atoms with Crippen LogP contribution in [0.25, 0.3) is 0 Å². The molecule has 28 heavy (non-hydrogen) atoms. The second-order valence-electron chi connectivity index (χ2n) is 6.58. The van der Waals surface area contributed by atoms with E-state index in [9.17, 15) is 13.2 Å². The van der Waals surface area contributed by atoms with Crippen LogP contribution in [-0.4, -0.2) is 62.6 Å². The molecule has 2 aromatic rings. The number of hydrogen-bond acceptors (Lipinski definition) is 5. The van der Waals surface area contributed by atoms with Crippen LogP contribution in [0.2, 0.25) is 0 Å². The molecule has 1 aliphatic heterocycles. The molecule has 0 bridgehead atoms. The highest BCUT2D eigenvalue weighted by molar-refractivity contribution is 7.88. The molecule has 2 aromatic carbocycles. The summed E-state index contributed by atoms with van der Waals surface area (Å²) < 4.78 is 35.7. The number of nitrogens with zero attached hydrogens (tertiary/aromatic N) is 2. The Morgan fingerprint density at radius 1 is 0.893 bits per heavy atom. The van der Waals surface area contributed by atoms with Crippen molar-refractivity contribution in [3.8, 4) is 11.5 Å². The molecule has 1 heterocycles. The Bertz CT molecular complexity index is 877. The van der Waals surface area contributed by atoms with E-state index in [1.165, 1.54) is 10.6 Å². The molecule has 0 atom stereocenters. The van der Waals surface area contributed by atoms with Crippen LogP contribution in [0.15, 0.2) is 54.6 Å². The third-order valence-electron chi connectivity index (χ3n) is 4.49. The maximum Gasteiger partial charge on any atom is 0.260 e. The Morgan fingerprint density at radius 3 is 2.04 bits per heavy atom. The van der Waals surface area contributed by atoms with Crippen molar-refractivity contribution in [2.75, 3.05) is 39.0 Å². The molecule has 0 spiro atoms. The Hall–Kier alpha value is -2.58. The highest BCUT2D eigenvalue weighted by Crippen LogP contribution is 2.19. The monoisotopic (exact) mass is 404 g/mol. The lowest BCUT2D eigenvalue weighted by atomic mass is 10.2. The van der Waals surface area contributed by atoms with E-state index >= 15 is 0 Å². The van der Waals surface area contributed by atoms with Gasteiger partial charge in [0.15, 0.2) is 6.61 Å². The van der Waals surface area contributed by atoms with Crippen LogP contribution in [0.1, 0.15) is 5.56 Å². The van der Waals surface area contributed by atoms with Crippen molar-refractivity contribution < 1.29 is 22.7 Å². The molecular weight excluding hydrogens is 380 g/mol. The van der Waals surface area contributed by atoms with Gasteiger partial charge in [-0.2, -0.15) is 4.31 Å². The van der Waals surface area contributed by atoms with Gasteiger partial charge in [-0.25, -0.2) is 8.42 Å². The van der Waals surface area contributed by atoms with E-state index in [0.29, 0.717) is 38.5 Å². The SMILES string of the molecule is CS(=O)(=O)N1CCN(C(=O)COc2ccc(OCc3ccccc3)cc2)CC1. The fourth-order valence-electron chi connectivity index (χ4n) is 2.88. The third-order valence-corrected chi connectivity index (χ3v) is 5.80. The number of amides is 1. The summed E-state index contributed by atoms with van der Waals surface area (Å²) in [5, 5.41) is 0.